The summed E-state index contributed by atoms with van der Waals surface area (Å²) in [6.45, 7) is 3.07. The van der Waals surface area contributed by atoms with Crippen LogP contribution in [0.1, 0.15) is 37.7 Å². The van der Waals surface area contributed by atoms with E-state index in [1.165, 1.54) is 12.0 Å². The molecule has 2 heterocycles. The van der Waals surface area contributed by atoms with E-state index in [4.69, 9.17) is 0 Å². The number of Topliss-reactive ketones (excluding diaryl/α,β-unsaturated/α-hetero) is 1. The Bertz CT molecular complexity index is 519. The number of piperidine rings is 1. The molecule has 2 aliphatic heterocycles. The number of hydrogen-bond donors (Lipinski definition) is 0. The third kappa shape index (κ3) is 2.33. The molecule has 0 saturated carbocycles. The van der Waals surface area contributed by atoms with Gasteiger partial charge in [-0.05, 0) is 31.4 Å². The predicted octanol–water partition coefficient (Wildman–Crippen LogP) is 3.40. The Morgan fingerprint density at radius 2 is 2.00 bits per heavy atom. The third-order valence-electron chi connectivity index (χ3n) is 4.92. The standard InChI is InChI=1S/C18H23NO/c1-3-18(20)16-11-15(13-7-5-4-6-8-13)14-9-10-17(16)19(2)12-14/h4-8,11,14-15,17H,3,9-10,12H2,1-2H3. The molecular formula is C18H23NO. The summed E-state index contributed by atoms with van der Waals surface area (Å²) in [5.74, 6) is 1.36. The highest BCUT2D eigenvalue weighted by Gasteiger charge is 2.38. The zero-order chi connectivity index (χ0) is 14.1. The van der Waals surface area contributed by atoms with Crippen LogP contribution in [0.5, 0.6) is 0 Å². The summed E-state index contributed by atoms with van der Waals surface area (Å²) in [6.07, 6.45) is 5.25. The lowest BCUT2D eigenvalue weighted by molar-refractivity contribution is -0.116. The summed E-state index contributed by atoms with van der Waals surface area (Å²) < 4.78 is 0. The number of nitrogens with zero attached hydrogens (tertiary/aromatic N) is 1. The maximum absolute atomic E-state index is 12.3. The molecule has 3 atom stereocenters. The van der Waals surface area contributed by atoms with Crippen LogP contribution in [0.25, 0.3) is 0 Å². The number of allylic oxidation sites excluding steroid dienone is 1. The van der Waals surface area contributed by atoms with Gasteiger partial charge in [0.1, 0.15) is 0 Å². The van der Waals surface area contributed by atoms with E-state index in [9.17, 15) is 4.79 Å². The first-order valence-corrected chi connectivity index (χ1v) is 7.70. The van der Waals surface area contributed by atoms with E-state index in [2.05, 4.69) is 48.4 Å². The van der Waals surface area contributed by atoms with Crippen LogP contribution in [0.15, 0.2) is 42.0 Å². The predicted molar refractivity (Wildman–Crippen MR) is 81.7 cm³/mol. The van der Waals surface area contributed by atoms with Gasteiger partial charge in [0, 0.05) is 30.5 Å². The second-order valence-electron chi connectivity index (χ2n) is 6.13. The lowest BCUT2D eigenvalue weighted by atomic mass is 9.82. The van der Waals surface area contributed by atoms with Crippen LogP contribution in [-0.2, 0) is 4.79 Å². The van der Waals surface area contributed by atoms with Crippen molar-refractivity contribution in [2.75, 3.05) is 13.6 Å². The summed E-state index contributed by atoms with van der Waals surface area (Å²) in [6, 6.07) is 11.0. The molecule has 1 aliphatic carbocycles. The van der Waals surface area contributed by atoms with Gasteiger partial charge in [-0.3, -0.25) is 9.69 Å². The summed E-state index contributed by atoms with van der Waals surface area (Å²) in [5, 5.41) is 0. The van der Waals surface area contributed by atoms with Gasteiger partial charge in [-0.1, -0.05) is 43.3 Å². The molecule has 0 spiro atoms. The lowest BCUT2D eigenvalue weighted by Gasteiger charge is -2.36. The molecule has 2 bridgehead atoms. The number of likely N-dealkylation sites (N-methyl/N-ethyl adjacent to an activating group) is 1. The number of benzene rings is 1. The summed E-state index contributed by atoms with van der Waals surface area (Å²) in [5.41, 5.74) is 2.42. The zero-order valence-corrected chi connectivity index (χ0v) is 12.4. The lowest BCUT2D eigenvalue weighted by Crippen LogP contribution is -2.41. The largest absolute Gasteiger partial charge is 0.299 e. The average Bonchev–Trinajstić information content (AvgIpc) is 2.75. The highest BCUT2D eigenvalue weighted by molar-refractivity contribution is 5.96. The van der Waals surface area contributed by atoms with Crippen LogP contribution < -0.4 is 0 Å². The van der Waals surface area contributed by atoms with Crippen molar-refractivity contribution in [3.8, 4) is 0 Å². The second kappa shape index (κ2) is 5.53. The van der Waals surface area contributed by atoms with Crippen molar-refractivity contribution in [3.63, 3.8) is 0 Å². The first-order chi connectivity index (χ1) is 9.70. The van der Waals surface area contributed by atoms with Gasteiger partial charge in [0.2, 0.25) is 0 Å². The molecule has 0 radical (unpaired) electrons. The van der Waals surface area contributed by atoms with E-state index in [-0.39, 0.29) is 0 Å². The van der Waals surface area contributed by atoms with E-state index >= 15 is 0 Å². The number of ketones is 1. The van der Waals surface area contributed by atoms with Crippen LogP contribution in [0.2, 0.25) is 0 Å². The minimum absolute atomic E-state index is 0.324. The van der Waals surface area contributed by atoms with Crippen LogP contribution in [0.3, 0.4) is 0 Å². The van der Waals surface area contributed by atoms with Crippen LogP contribution in [0, 0.1) is 5.92 Å². The van der Waals surface area contributed by atoms with Crippen LogP contribution >= 0.6 is 0 Å². The van der Waals surface area contributed by atoms with E-state index in [0.717, 1.165) is 18.5 Å². The first kappa shape index (κ1) is 13.6. The van der Waals surface area contributed by atoms with Gasteiger partial charge in [0.25, 0.3) is 0 Å². The molecule has 3 aliphatic rings. The Hall–Kier alpha value is -1.41. The van der Waals surface area contributed by atoms with Gasteiger partial charge in [-0.25, -0.2) is 0 Å². The molecule has 0 N–H and O–H groups in total. The van der Waals surface area contributed by atoms with E-state index in [1.807, 2.05) is 6.92 Å². The van der Waals surface area contributed by atoms with Crippen molar-refractivity contribution in [1.29, 1.82) is 0 Å². The number of rotatable bonds is 3. The normalized spacial score (nSPS) is 29.9. The quantitative estimate of drug-likeness (QED) is 0.838. The number of hydrogen-bond acceptors (Lipinski definition) is 2. The molecule has 106 valence electrons. The van der Waals surface area contributed by atoms with Crippen molar-refractivity contribution < 1.29 is 4.79 Å². The fourth-order valence-electron chi connectivity index (χ4n) is 3.83. The third-order valence-corrected chi connectivity index (χ3v) is 4.92. The van der Waals surface area contributed by atoms with E-state index in [1.54, 1.807) is 0 Å². The smallest absolute Gasteiger partial charge is 0.159 e. The highest BCUT2D eigenvalue weighted by atomic mass is 16.1. The molecule has 2 nitrogen and oxygen atoms in total. The van der Waals surface area contributed by atoms with Gasteiger partial charge in [-0.2, -0.15) is 0 Å². The number of carbonyl (C=O) groups is 1. The molecule has 1 fully saturated rings. The van der Waals surface area contributed by atoms with Crippen molar-refractivity contribution in [2.24, 2.45) is 5.92 Å². The topological polar surface area (TPSA) is 20.3 Å². The summed E-state index contributed by atoms with van der Waals surface area (Å²) in [7, 11) is 2.17. The minimum atomic E-state index is 0.324. The summed E-state index contributed by atoms with van der Waals surface area (Å²) >= 11 is 0. The molecule has 0 aromatic heterocycles. The molecule has 1 saturated heterocycles. The summed E-state index contributed by atoms with van der Waals surface area (Å²) in [4.78, 5) is 14.7. The highest BCUT2D eigenvalue weighted by Crippen LogP contribution is 2.41. The average molecular weight is 269 g/mol. The second-order valence-corrected chi connectivity index (χ2v) is 6.13. The van der Waals surface area contributed by atoms with Crippen molar-refractivity contribution in [1.82, 2.24) is 4.90 Å². The molecule has 4 rings (SSSR count). The SMILES string of the molecule is CCC(=O)C1=CC(c2ccccc2)C2CCC1N(C)C2. The Kier molecular flexibility index (Phi) is 3.75. The van der Waals surface area contributed by atoms with Gasteiger partial charge < -0.3 is 0 Å². The van der Waals surface area contributed by atoms with Crippen molar-refractivity contribution in [3.05, 3.63) is 47.5 Å². The maximum atomic E-state index is 12.3. The van der Waals surface area contributed by atoms with Crippen LogP contribution in [-0.4, -0.2) is 30.3 Å². The molecule has 1 aromatic rings. The van der Waals surface area contributed by atoms with Crippen molar-refractivity contribution in [2.45, 2.75) is 38.1 Å². The number of carbonyl (C=O) groups excluding carboxylic acids is 1. The fraction of sp³-hybridized carbons (Fsp3) is 0.500. The fourth-order valence-corrected chi connectivity index (χ4v) is 3.83. The van der Waals surface area contributed by atoms with Crippen molar-refractivity contribution >= 4 is 5.78 Å². The molecular weight excluding hydrogens is 246 g/mol. The molecule has 0 amide bonds. The Morgan fingerprint density at radius 1 is 1.25 bits per heavy atom. The van der Waals surface area contributed by atoms with Gasteiger partial charge in [0.05, 0.1) is 0 Å². The zero-order valence-electron chi connectivity index (χ0n) is 12.4. The van der Waals surface area contributed by atoms with Gasteiger partial charge >= 0.3 is 0 Å². The molecule has 2 heteroatoms. The van der Waals surface area contributed by atoms with Gasteiger partial charge in [-0.15, -0.1) is 0 Å². The van der Waals surface area contributed by atoms with Crippen LogP contribution in [0.4, 0.5) is 0 Å². The van der Waals surface area contributed by atoms with E-state index in [0.29, 0.717) is 30.1 Å². The first-order valence-electron chi connectivity index (χ1n) is 7.70. The minimum Gasteiger partial charge on any atom is -0.299 e. The molecule has 20 heavy (non-hydrogen) atoms. The Morgan fingerprint density at radius 3 is 2.65 bits per heavy atom. The molecule has 1 aromatic carbocycles. The van der Waals surface area contributed by atoms with E-state index < -0.39 is 0 Å². The monoisotopic (exact) mass is 269 g/mol. The molecule has 3 unspecified atom stereocenters. The Labute approximate surface area is 121 Å². The number of fused-ring (bicyclic) bond motifs is 3. The maximum Gasteiger partial charge on any atom is 0.159 e. The van der Waals surface area contributed by atoms with Gasteiger partial charge in [0.15, 0.2) is 5.78 Å². The Balaban J connectivity index is 2.03.